The summed E-state index contributed by atoms with van der Waals surface area (Å²) in [6, 6.07) is 13.3. The quantitative estimate of drug-likeness (QED) is 0.755. The molecule has 1 aliphatic heterocycles. The summed E-state index contributed by atoms with van der Waals surface area (Å²) in [6.45, 7) is 1.57. The number of primary amides is 1. The molecule has 0 aliphatic carbocycles. The zero-order valence-electron chi connectivity index (χ0n) is 15.0. The molecule has 0 spiro atoms. The molecule has 142 valence electrons. The molecule has 1 fully saturated rings. The molecule has 2 aromatic carbocycles. The Morgan fingerprint density at radius 3 is 2.68 bits per heavy atom. The minimum Gasteiger partial charge on any atom is -0.370 e. The first-order valence-electron chi connectivity index (χ1n) is 8.86. The molecule has 2 heterocycles. The average molecular weight is 379 g/mol. The zero-order chi connectivity index (χ0) is 19.7. The number of ether oxygens (including phenoxy) is 1. The molecule has 1 aliphatic rings. The SMILES string of the molecule is NC(=O)c1cc(-c2ccc(F)cc2)c2ccc(CN3CCOCC3=O)cc2n1. The van der Waals surface area contributed by atoms with Crippen molar-refractivity contribution in [3.8, 4) is 11.1 Å². The van der Waals surface area contributed by atoms with Crippen molar-refractivity contribution in [2.45, 2.75) is 6.54 Å². The van der Waals surface area contributed by atoms with E-state index in [2.05, 4.69) is 4.98 Å². The van der Waals surface area contributed by atoms with Crippen LogP contribution in [-0.4, -0.2) is 41.5 Å². The van der Waals surface area contributed by atoms with Crippen molar-refractivity contribution in [3.63, 3.8) is 0 Å². The molecule has 2 N–H and O–H groups in total. The Morgan fingerprint density at radius 1 is 1.18 bits per heavy atom. The van der Waals surface area contributed by atoms with Gasteiger partial charge >= 0.3 is 0 Å². The molecular weight excluding hydrogens is 361 g/mol. The van der Waals surface area contributed by atoms with Gasteiger partial charge < -0.3 is 15.4 Å². The first kappa shape index (κ1) is 18.1. The summed E-state index contributed by atoms with van der Waals surface area (Å²) in [6.07, 6.45) is 0. The van der Waals surface area contributed by atoms with Crippen LogP contribution < -0.4 is 5.73 Å². The Bertz CT molecular complexity index is 1070. The number of aromatic nitrogens is 1. The van der Waals surface area contributed by atoms with E-state index >= 15 is 0 Å². The number of carbonyl (C=O) groups is 2. The highest BCUT2D eigenvalue weighted by Gasteiger charge is 2.19. The predicted molar refractivity (Wildman–Crippen MR) is 102 cm³/mol. The van der Waals surface area contributed by atoms with Gasteiger partial charge in [0.25, 0.3) is 5.91 Å². The van der Waals surface area contributed by atoms with Gasteiger partial charge in [-0.15, -0.1) is 0 Å². The number of amides is 2. The van der Waals surface area contributed by atoms with Gasteiger partial charge in [-0.1, -0.05) is 24.3 Å². The molecule has 4 rings (SSSR count). The normalized spacial score (nSPS) is 14.5. The lowest BCUT2D eigenvalue weighted by Crippen LogP contribution is -2.40. The highest BCUT2D eigenvalue weighted by Crippen LogP contribution is 2.30. The highest BCUT2D eigenvalue weighted by molar-refractivity contribution is 6.01. The number of morpholine rings is 1. The number of fused-ring (bicyclic) bond motifs is 1. The second-order valence-electron chi connectivity index (χ2n) is 6.65. The molecule has 7 heteroatoms. The fraction of sp³-hybridized carbons (Fsp3) is 0.190. The van der Waals surface area contributed by atoms with Gasteiger partial charge in [-0.05, 0) is 41.0 Å². The van der Waals surface area contributed by atoms with Crippen molar-refractivity contribution < 1.29 is 18.7 Å². The second kappa shape index (κ2) is 7.36. The van der Waals surface area contributed by atoms with Crippen LogP contribution in [0, 0.1) is 5.82 Å². The molecule has 0 bridgehead atoms. The maximum atomic E-state index is 13.3. The fourth-order valence-electron chi connectivity index (χ4n) is 3.30. The highest BCUT2D eigenvalue weighted by atomic mass is 19.1. The lowest BCUT2D eigenvalue weighted by molar-refractivity contribution is -0.143. The van der Waals surface area contributed by atoms with E-state index in [-0.39, 0.29) is 24.0 Å². The lowest BCUT2D eigenvalue weighted by atomic mass is 9.98. The van der Waals surface area contributed by atoms with Gasteiger partial charge in [0.1, 0.15) is 18.1 Å². The van der Waals surface area contributed by atoms with Gasteiger partial charge in [0.05, 0.1) is 12.1 Å². The number of hydrogen-bond acceptors (Lipinski definition) is 4. The largest absolute Gasteiger partial charge is 0.370 e. The zero-order valence-corrected chi connectivity index (χ0v) is 15.0. The molecule has 3 aromatic rings. The third kappa shape index (κ3) is 3.57. The van der Waals surface area contributed by atoms with Gasteiger partial charge in [0, 0.05) is 18.5 Å². The predicted octanol–water partition coefficient (Wildman–Crippen LogP) is 2.50. The molecule has 0 saturated carbocycles. The molecule has 1 saturated heterocycles. The average Bonchev–Trinajstić information content (AvgIpc) is 2.69. The monoisotopic (exact) mass is 379 g/mol. The van der Waals surface area contributed by atoms with Crippen LogP contribution in [0.15, 0.2) is 48.5 Å². The number of benzene rings is 2. The van der Waals surface area contributed by atoms with E-state index < -0.39 is 5.91 Å². The summed E-state index contributed by atoms with van der Waals surface area (Å²) in [5.41, 5.74) is 8.57. The van der Waals surface area contributed by atoms with Crippen molar-refractivity contribution in [2.24, 2.45) is 5.73 Å². The molecule has 0 radical (unpaired) electrons. The van der Waals surface area contributed by atoms with Crippen molar-refractivity contribution in [2.75, 3.05) is 19.8 Å². The Hall–Kier alpha value is -3.32. The van der Waals surface area contributed by atoms with Crippen LogP contribution in [-0.2, 0) is 16.1 Å². The topological polar surface area (TPSA) is 85.5 Å². The van der Waals surface area contributed by atoms with Crippen molar-refractivity contribution in [3.05, 3.63) is 65.6 Å². The van der Waals surface area contributed by atoms with Gasteiger partial charge in [0.15, 0.2) is 0 Å². The van der Waals surface area contributed by atoms with E-state index in [1.807, 2.05) is 18.2 Å². The maximum Gasteiger partial charge on any atom is 0.267 e. The Labute approximate surface area is 160 Å². The van der Waals surface area contributed by atoms with Crippen LogP contribution in [0.4, 0.5) is 4.39 Å². The molecule has 0 atom stereocenters. The maximum absolute atomic E-state index is 13.3. The Balaban J connectivity index is 1.78. The van der Waals surface area contributed by atoms with Crippen LogP contribution >= 0.6 is 0 Å². The molecule has 1 aromatic heterocycles. The Kier molecular flexibility index (Phi) is 4.75. The van der Waals surface area contributed by atoms with Gasteiger partial charge in [0.2, 0.25) is 5.91 Å². The van der Waals surface area contributed by atoms with Crippen molar-refractivity contribution in [1.82, 2.24) is 9.88 Å². The standard InChI is InChI=1S/C21H18FN3O3/c22-15-4-2-14(3-5-15)17-10-19(21(23)27)24-18-9-13(1-6-16(17)18)11-25-7-8-28-12-20(25)26/h1-6,9-10H,7-8,11-12H2,(H2,23,27). The van der Waals surface area contributed by atoms with Gasteiger partial charge in [-0.25, -0.2) is 9.37 Å². The van der Waals surface area contributed by atoms with Crippen LogP contribution in [0.2, 0.25) is 0 Å². The summed E-state index contributed by atoms with van der Waals surface area (Å²) < 4.78 is 18.5. The minimum absolute atomic E-state index is 0.0582. The number of rotatable bonds is 4. The van der Waals surface area contributed by atoms with E-state index in [1.54, 1.807) is 23.1 Å². The van der Waals surface area contributed by atoms with E-state index in [1.165, 1.54) is 12.1 Å². The Morgan fingerprint density at radius 2 is 1.96 bits per heavy atom. The molecule has 0 unspecified atom stereocenters. The number of nitrogens with two attached hydrogens (primary N) is 1. The summed E-state index contributed by atoms with van der Waals surface area (Å²) in [5, 5.41) is 0.814. The fourth-order valence-corrected chi connectivity index (χ4v) is 3.30. The smallest absolute Gasteiger partial charge is 0.267 e. The van der Waals surface area contributed by atoms with E-state index in [0.717, 1.165) is 22.1 Å². The minimum atomic E-state index is -0.640. The molecule has 28 heavy (non-hydrogen) atoms. The van der Waals surface area contributed by atoms with Crippen LogP contribution in [0.5, 0.6) is 0 Å². The van der Waals surface area contributed by atoms with Crippen molar-refractivity contribution >= 4 is 22.7 Å². The van der Waals surface area contributed by atoms with Gasteiger partial charge in [-0.2, -0.15) is 0 Å². The second-order valence-corrected chi connectivity index (χ2v) is 6.65. The first-order valence-corrected chi connectivity index (χ1v) is 8.86. The summed E-state index contributed by atoms with van der Waals surface area (Å²) in [5.74, 6) is -1.04. The third-order valence-electron chi connectivity index (χ3n) is 4.74. The molecule has 6 nitrogen and oxygen atoms in total. The third-order valence-corrected chi connectivity index (χ3v) is 4.74. The first-order chi connectivity index (χ1) is 13.5. The van der Waals surface area contributed by atoms with Crippen LogP contribution in [0.25, 0.3) is 22.0 Å². The molecular formula is C21H18FN3O3. The van der Waals surface area contributed by atoms with E-state index in [0.29, 0.717) is 25.2 Å². The van der Waals surface area contributed by atoms with Crippen molar-refractivity contribution in [1.29, 1.82) is 0 Å². The van der Waals surface area contributed by atoms with E-state index in [9.17, 15) is 14.0 Å². The number of nitrogens with zero attached hydrogens (tertiary/aromatic N) is 2. The number of halogens is 1. The van der Waals surface area contributed by atoms with Crippen LogP contribution in [0.1, 0.15) is 16.1 Å². The van der Waals surface area contributed by atoms with Crippen LogP contribution in [0.3, 0.4) is 0 Å². The van der Waals surface area contributed by atoms with Gasteiger partial charge in [-0.3, -0.25) is 9.59 Å². The number of carbonyl (C=O) groups excluding carboxylic acids is 2. The molecule has 2 amide bonds. The summed E-state index contributed by atoms with van der Waals surface area (Å²) in [4.78, 5) is 29.8. The number of hydrogen-bond donors (Lipinski definition) is 1. The summed E-state index contributed by atoms with van der Waals surface area (Å²) >= 11 is 0. The lowest BCUT2D eigenvalue weighted by Gasteiger charge is -2.26. The number of pyridine rings is 1. The van der Waals surface area contributed by atoms with E-state index in [4.69, 9.17) is 10.5 Å². The summed E-state index contributed by atoms with van der Waals surface area (Å²) in [7, 11) is 0.